The van der Waals surface area contributed by atoms with Crippen molar-refractivity contribution in [3.63, 3.8) is 0 Å². The first-order valence-corrected chi connectivity index (χ1v) is 9.08. The topological polar surface area (TPSA) is 62.6 Å². The van der Waals surface area contributed by atoms with Crippen LogP contribution in [0.25, 0.3) is 5.69 Å². The summed E-state index contributed by atoms with van der Waals surface area (Å²) in [6.07, 6.45) is 3.42. The summed E-state index contributed by atoms with van der Waals surface area (Å²) in [5, 5.41) is 4.99. The lowest BCUT2D eigenvalue weighted by molar-refractivity contribution is -0.135. The van der Waals surface area contributed by atoms with Crippen molar-refractivity contribution in [3.05, 3.63) is 65.4 Å². The average molecular weight is 409 g/mol. The SMILES string of the molecule is C=C(/C=C(/C)COc1ccn(-c2ccc(Cl)cc2)n1)C(=O)OC.CC.COC. The highest BCUT2D eigenvalue weighted by atomic mass is 35.5. The number of rotatable bonds is 6. The van der Waals surface area contributed by atoms with Crippen LogP contribution in [0.5, 0.6) is 5.88 Å². The molecule has 0 aliphatic rings. The standard InChI is InChI=1S/C17H17ClN2O3.C2H6O.C2H6/c1-12(10-13(2)17(21)22-3)11-23-16-8-9-20(19-16)15-6-4-14(18)5-7-15;1-3-2;1-2/h4-10H,2,11H2,1,3H3;1-2H3;1-2H3/b12-10-;;. The van der Waals surface area contributed by atoms with Gasteiger partial charge in [-0.3, -0.25) is 0 Å². The molecule has 0 fully saturated rings. The van der Waals surface area contributed by atoms with Crippen LogP contribution >= 0.6 is 11.6 Å². The Kier molecular flexibility index (Phi) is 13.2. The number of halogens is 1. The van der Waals surface area contributed by atoms with Crippen molar-refractivity contribution in [2.45, 2.75) is 20.8 Å². The fourth-order valence-electron chi connectivity index (χ4n) is 1.84. The Morgan fingerprint density at radius 2 is 1.75 bits per heavy atom. The van der Waals surface area contributed by atoms with Crippen molar-refractivity contribution < 1.29 is 19.0 Å². The van der Waals surface area contributed by atoms with Crippen LogP contribution in [0.1, 0.15) is 20.8 Å². The highest BCUT2D eigenvalue weighted by Crippen LogP contribution is 2.15. The molecule has 0 saturated heterocycles. The molecule has 1 aromatic carbocycles. The lowest BCUT2D eigenvalue weighted by atomic mass is 10.2. The first-order valence-electron chi connectivity index (χ1n) is 8.70. The van der Waals surface area contributed by atoms with Gasteiger partial charge in [0.15, 0.2) is 0 Å². The van der Waals surface area contributed by atoms with Gasteiger partial charge in [0, 0.05) is 31.5 Å². The zero-order valence-corrected chi connectivity index (χ0v) is 18.1. The maximum absolute atomic E-state index is 11.3. The fraction of sp³-hybridized carbons (Fsp3) is 0.333. The second kappa shape index (κ2) is 14.5. The molecule has 2 rings (SSSR count). The van der Waals surface area contributed by atoms with Gasteiger partial charge in [-0.05, 0) is 42.8 Å². The van der Waals surface area contributed by atoms with E-state index in [4.69, 9.17) is 16.3 Å². The molecule has 0 atom stereocenters. The van der Waals surface area contributed by atoms with E-state index in [0.717, 1.165) is 11.3 Å². The van der Waals surface area contributed by atoms with Gasteiger partial charge in [0.05, 0.1) is 18.4 Å². The Labute approximate surface area is 172 Å². The quantitative estimate of drug-likeness (QED) is 0.387. The van der Waals surface area contributed by atoms with Crippen LogP contribution in [0.2, 0.25) is 5.02 Å². The number of carbonyl (C=O) groups is 1. The van der Waals surface area contributed by atoms with E-state index in [1.807, 2.05) is 32.9 Å². The maximum Gasteiger partial charge on any atom is 0.337 e. The minimum absolute atomic E-state index is 0.278. The Morgan fingerprint density at radius 1 is 1.18 bits per heavy atom. The van der Waals surface area contributed by atoms with E-state index >= 15 is 0 Å². The van der Waals surface area contributed by atoms with Crippen molar-refractivity contribution in [2.24, 2.45) is 0 Å². The fourth-order valence-corrected chi connectivity index (χ4v) is 1.96. The molecule has 0 saturated carbocycles. The monoisotopic (exact) mass is 408 g/mol. The summed E-state index contributed by atoms with van der Waals surface area (Å²) in [4.78, 5) is 11.3. The molecule has 7 heteroatoms. The zero-order valence-electron chi connectivity index (χ0n) is 17.4. The molecule has 0 N–H and O–H groups in total. The molecule has 0 spiro atoms. The van der Waals surface area contributed by atoms with Crippen LogP contribution in [0.15, 0.2) is 60.3 Å². The number of hydrogen-bond donors (Lipinski definition) is 0. The predicted molar refractivity (Wildman–Crippen MR) is 113 cm³/mol. The number of esters is 1. The van der Waals surface area contributed by atoms with Gasteiger partial charge in [0.2, 0.25) is 5.88 Å². The summed E-state index contributed by atoms with van der Waals surface area (Å²) in [5.41, 5.74) is 2.00. The summed E-state index contributed by atoms with van der Waals surface area (Å²) in [5.74, 6) is 0.0211. The minimum atomic E-state index is -0.462. The number of methoxy groups -OCH3 is 2. The number of benzene rings is 1. The smallest absolute Gasteiger partial charge is 0.337 e. The maximum atomic E-state index is 11.3. The first kappa shape index (κ1) is 25.4. The van der Waals surface area contributed by atoms with Crippen molar-refractivity contribution in [1.82, 2.24) is 9.78 Å². The summed E-state index contributed by atoms with van der Waals surface area (Å²) < 4.78 is 16.1. The van der Waals surface area contributed by atoms with Gasteiger partial charge >= 0.3 is 5.97 Å². The molecule has 0 radical (unpaired) electrons. The molecule has 0 aliphatic heterocycles. The lowest BCUT2D eigenvalue weighted by Crippen LogP contribution is -2.05. The summed E-state index contributed by atoms with van der Waals surface area (Å²) in [6.45, 7) is 9.77. The largest absolute Gasteiger partial charge is 0.472 e. The van der Waals surface area contributed by atoms with Crippen LogP contribution in [-0.2, 0) is 14.3 Å². The molecule has 0 aliphatic carbocycles. The number of nitrogens with zero attached hydrogens (tertiary/aromatic N) is 2. The van der Waals surface area contributed by atoms with Gasteiger partial charge in [-0.15, -0.1) is 5.10 Å². The third-order valence-corrected chi connectivity index (χ3v) is 3.22. The second-order valence-electron chi connectivity index (χ2n) is 5.28. The molecule has 28 heavy (non-hydrogen) atoms. The normalized spacial score (nSPS) is 10.0. The van der Waals surface area contributed by atoms with E-state index < -0.39 is 5.97 Å². The third-order valence-electron chi connectivity index (χ3n) is 2.97. The molecule has 154 valence electrons. The number of aromatic nitrogens is 2. The third kappa shape index (κ3) is 9.39. The zero-order chi connectivity index (χ0) is 21.5. The minimum Gasteiger partial charge on any atom is -0.472 e. The van der Waals surface area contributed by atoms with Crippen molar-refractivity contribution in [1.29, 1.82) is 0 Å². The Bertz CT molecular complexity index is 752. The predicted octanol–water partition coefficient (Wildman–Crippen LogP) is 4.87. The number of carbonyl (C=O) groups excluding carboxylic acids is 1. The summed E-state index contributed by atoms with van der Waals surface area (Å²) in [7, 11) is 4.57. The first-order chi connectivity index (χ1) is 13.4. The Balaban J connectivity index is 0.00000133. The van der Waals surface area contributed by atoms with Crippen molar-refractivity contribution in [2.75, 3.05) is 27.9 Å². The van der Waals surface area contributed by atoms with E-state index in [1.54, 1.807) is 49.4 Å². The molecule has 0 bridgehead atoms. The van der Waals surface area contributed by atoms with Crippen molar-refractivity contribution >= 4 is 17.6 Å². The molecule has 1 aromatic heterocycles. The molecular formula is C21H29ClN2O4. The van der Waals surface area contributed by atoms with Gasteiger partial charge < -0.3 is 14.2 Å². The molecular weight excluding hydrogens is 380 g/mol. The summed E-state index contributed by atoms with van der Waals surface area (Å²) in [6, 6.07) is 9.08. The van der Waals surface area contributed by atoms with E-state index in [9.17, 15) is 4.79 Å². The summed E-state index contributed by atoms with van der Waals surface area (Å²) >= 11 is 5.86. The Hall–Kier alpha value is -2.57. The average Bonchev–Trinajstić information content (AvgIpc) is 3.17. The van der Waals surface area contributed by atoms with Crippen LogP contribution in [0.3, 0.4) is 0 Å². The molecule has 6 nitrogen and oxygen atoms in total. The molecule has 2 aromatic rings. The van der Waals surface area contributed by atoms with Crippen LogP contribution in [0, 0.1) is 0 Å². The van der Waals surface area contributed by atoms with E-state index in [2.05, 4.69) is 21.2 Å². The highest BCUT2D eigenvalue weighted by molar-refractivity contribution is 6.30. The highest BCUT2D eigenvalue weighted by Gasteiger charge is 2.05. The lowest BCUT2D eigenvalue weighted by Gasteiger charge is -2.04. The van der Waals surface area contributed by atoms with Gasteiger partial charge in [0.1, 0.15) is 6.61 Å². The van der Waals surface area contributed by atoms with Crippen LogP contribution < -0.4 is 4.74 Å². The van der Waals surface area contributed by atoms with Crippen molar-refractivity contribution in [3.8, 4) is 11.6 Å². The van der Waals surface area contributed by atoms with Gasteiger partial charge in [-0.1, -0.05) is 32.0 Å². The van der Waals surface area contributed by atoms with Gasteiger partial charge in [-0.2, -0.15) is 0 Å². The van der Waals surface area contributed by atoms with Gasteiger partial charge in [-0.25, -0.2) is 9.48 Å². The van der Waals surface area contributed by atoms with E-state index in [-0.39, 0.29) is 5.57 Å². The Morgan fingerprint density at radius 3 is 2.29 bits per heavy atom. The van der Waals surface area contributed by atoms with E-state index in [1.165, 1.54) is 7.11 Å². The molecule has 0 unspecified atom stereocenters. The van der Waals surface area contributed by atoms with Crippen LogP contribution in [-0.4, -0.2) is 43.7 Å². The molecule has 0 amide bonds. The van der Waals surface area contributed by atoms with Crippen LogP contribution in [0.4, 0.5) is 0 Å². The second-order valence-corrected chi connectivity index (χ2v) is 5.72. The van der Waals surface area contributed by atoms with E-state index in [0.29, 0.717) is 17.5 Å². The number of hydrogen-bond acceptors (Lipinski definition) is 5. The van der Waals surface area contributed by atoms with Gasteiger partial charge in [0.25, 0.3) is 0 Å². The molecule has 1 heterocycles. The number of ether oxygens (including phenoxy) is 3.